The third-order valence-corrected chi connectivity index (χ3v) is 6.01. The van der Waals surface area contributed by atoms with Gasteiger partial charge in [-0.2, -0.15) is 0 Å². The number of nitrogens with one attached hydrogen (secondary N) is 2. The molecule has 0 radical (unpaired) electrons. The van der Waals surface area contributed by atoms with Gasteiger partial charge in [0.15, 0.2) is 6.61 Å². The molecule has 192 valence electrons. The largest absolute Gasteiger partial charge is 0.497 e. The standard InChI is InChI=1S/C28H29N3O6/c1-35-24-8-5-7-21(15-24)30-26(32)18-37-23-12-10-22(11-13-23)31-17-20(14-27(31)33)28(34)29-16-19-6-3-4-9-25(19)36-2/h3-13,15,20H,14,16-18H2,1-2H3,(H,29,34)(H,30,32)/t20-/m0/s1. The van der Waals surface area contributed by atoms with Crippen LogP contribution < -0.4 is 29.7 Å². The molecule has 37 heavy (non-hydrogen) atoms. The van der Waals surface area contributed by atoms with E-state index in [1.54, 1.807) is 67.7 Å². The van der Waals surface area contributed by atoms with Gasteiger partial charge in [-0.05, 0) is 42.5 Å². The summed E-state index contributed by atoms with van der Waals surface area (Å²) in [5.74, 6) is 0.774. The van der Waals surface area contributed by atoms with E-state index in [0.29, 0.717) is 41.7 Å². The Kier molecular flexibility index (Phi) is 8.25. The van der Waals surface area contributed by atoms with Crippen LogP contribution in [0.3, 0.4) is 0 Å². The fraction of sp³-hybridized carbons (Fsp3) is 0.250. The van der Waals surface area contributed by atoms with Crippen LogP contribution in [0.25, 0.3) is 0 Å². The summed E-state index contributed by atoms with van der Waals surface area (Å²) in [5, 5.41) is 5.66. The molecule has 1 fully saturated rings. The first-order valence-electron chi connectivity index (χ1n) is 11.8. The van der Waals surface area contributed by atoms with Gasteiger partial charge in [-0.15, -0.1) is 0 Å². The Labute approximate surface area is 215 Å². The van der Waals surface area contributed by atoms with Crippen molar-refractivity contribution < 1.29 is 28.6 Å². The molecule has 1 atom stereocenters. The van der Waals surface area contributed by atoms with Gasteiger partial charge in [0.1, 0.15) is 17.2 Å². The van der Waals surface area contributed by atoms with Gasteiger partial charge in [0.05, 0.1) is 20.1 Å². The molecule has 0 saturated carbocycles. The number of nitrogens with zero attached hydrogens (tertiary/aromatic N) is 1. The lowest BCUT2D eigenvalue weighted by atomic mass is 10.1. The van der Waals surface area contributed by atoms with Crippen LogP contribution in [0.5, 0.6) is 17.2 Å². The predicted molar refractivity (Wildman–Crippen MR) is 139 cm³/mol. The Hall–Kier alpha value is -4.53. The Morgan fingerprint density at radius 2 is 1.73 bits per heavy atom. The second kappa shape index (κ2) is 11.9. The lowest BCUT2D eigenvalue weighted by Crippen LogP contribution is -2.32. The van der Waals surface area contributed by atoms with Crippen LogP contribution in [-0.4, -0.2) is 45.1 Å². The van der Waals surface area contributed by atoms with E-state index in [4.69, 9.17) is 14.2 Å². The van der Waals surface area contributed by atoms with Gasteiger partial charge in [0.25, 0.3) is 5.91 Å². The number of anilines is 2. The van der Waals surface area contributed by atoms with Crippen LogP contribution in [0.2, 0.25) is 0 Å². The van der Waals surface area contributed by atoms with Gasteiger partial charge >= 0.3 is 0 Å². The fourth-order valence-electron chi connectivity index (χ4n) is 4.08. The zero-order valence-corrected chi connectivity index (χ0v) is 20.7. The Balaban J connectivity index is 1.27. The molecule has 1 aliphatic rings. The molecule has 0 aliphatic carbocycles. The molecular formula is C28H29N3O6. The summed E-state index contributed by atoms with van der Waals surface area (Å²) in [7, 11) is 3.14. The second-order valence-electron chi connectivity index (χ2n) is 8.50. The van der Waals surface area contributed by atoms with Crippen molar-refractivity contribution in [2.75, 3.05) is 37.6 Å². The molecule has 0 bridgehead atoms. The van der Waals surface area contributed by atoms with Crippen LogP contribution in [-0.2, 0) is 20.9 Å². The highest BCUT2D eigenvalue weighted by atomic mass is 16.5. The summed E-state index contributed by atoms with van der Waals surface area (Å²) in [6.45, 7) is 0.443. The minimum absolute atomic E-state index is 0.122. The smallest absolute Gasteiger partial charge is 0.262 e. The Morgan fingerprint density at radius 3 is 2.49 bits per heavy atom. The number of amides is 3. The highest BCUT2D eigenvalue weighted by Crippen LogP contribution is 2.27. The van der Waals surface area contributed by atoms with Gasteiger partial charge in [0.2, 0.25) is 11.8 Å². The molecule has 4 rings (SSSR count). The van der Waals surface area contributed by atoms with E-state index in [0.717, 1.165) is 5.56 Å². The van der Waals surface area contributed by atoms with Crippen LogP contribution in [0.1, 0.15) is 12.0 Å². The normalized spacial score (nSPS) is 14.7. The van der Waals surface area contributed by atoms with Crippen molar-refractivity contribution in [2.45, 2.75) is 13.0 Å². The van der Waals surface area contributed by atoms with Crippen LogP contribution >= 0.6 is 0 Å². The van der Waals surface area contributed by atoms with Crippen molar-refractivity contribution in [3.8, 4) is 17.2 Å². The molecule has 3 amide bonds. The van der Waals surface area contributed by atoms with E-state index in [1.807, 2.05) is 24.3 Å². The monoisotopic (exact) mass is 503 g/mol. The molecule has 1 heterocycles. The number of carbonyl (C=O) groups excluding carboxylic acids is 3. The highest BCUT2D eigenvalue weighted by molar-refractivity contribution is 6.00. The molecule has 1 saturated heterocycles. The van der Waals surface area contributed by atoms with E-state index < -0.39 is 5.92 Å². The summed E-state index contributed by atoms with van der Waals surface area (Å²) in [6, 6.07) is 21.4. The average Bonchev–Trinajstić information content (AvgIpc) is 3.32. The summed E-state index contributed by atoms with van der Waals surface area (Å²) in [4.78, 5) is 39.1. The SMILES string of the molecule is COc1cccc(NC(=O)COc2ccc(N3C[C@@H](C(=O)NCc4ccccc4OC)CC3=O)cc2)c1. The number of rotatable bonds is 10. The van der Waals surface area contributed by atoms with Crippen molar-refractivity contribution in [3.63, 3.8) is 0 Å². The fourth-order valence-corrected chi connectivity index (χ4v) is 4.08. The van der Waals surface area contributed by atoms with Gasteiger partial charge in [0, 0.05) is 42.5 Å². The zero-order chi connectivity index (χ0) is 26.2. The molecule has 3 aromatic carbocycles. The van der Waals surface area contributed by atoms with E-state index in [1.165, 1.54) is 0 Å². The lowest BCUT2D eigenvalue weighted by molar-refractivity contribution is -0.126. The summed E-state index contributed by atoms with van der Waals surface area (Å²) >= 11 is 0. The number of hydrogen-bond donors (Lipinski definition) is 2. The molecule has 9 heteroatoms. The van der Waals surface area contributed by atoms with Crippen LogP contribution in [0, 0.1) is 5.92 Å². The van der Waals surface area contributed by atoms with Crippen molar-refractivity contribution >= 4 is 29.1 Å². The first-order chi connectivity index (χ1) is 18.0. The summed E-state index contributed by atoms with van der Waals surface area (Å²) in [5.41, 5.74) is 2.14. The van der Waals surface area contributed by atoms with E-state index in [9.17, 15) is 14.4 Å². The first-order valence-corrected chi connectivity index (χ1v) is 11.8. The Morgan fingerprint density at radius 1 is 0.946 bits per heavy atom. The minimum Gasteiger partial charge on any atom is -0.497 e. The molecule has 0 spiro atoms. The van der Waals surface area contributed by atoms with E-state index in [-0.39, 0.29) is 30.7 Å². The van der Waals surface area contributed by atoms with E-state index >= 15 is 0 Å². The quantitative estimate of drug-likeness (QED) is 0.439. The highest BCUT2D eigenvalue weighted by Gasteiger charge is 2.35. The van der Waals surface area contributed by atoms with Crippen molar-refractivity contribution in [1.82, 2.24) is 5.32 Å². The second-order valence-corrected chi connectivity index (χ2v) is 8.50. The zero-order valence-electron chi connectivity index (χ0n) is 20.7. The number of ether oxygens (including phenoxy) is 3. The molecule has 0 unspecified atom stereocenters. The number of hydrogen-bond acceptors (Lipinski definition) is 6. The van der Waals surface area contributed by atoms with Gasteiger partial charge in [-0.3, -0.25) is 14.4 Å². The number of benzene rings is 3. The van der Waals surface area contributed by atoms with Crippen molar-refractivity contribution in [3.05, 3.63) is 78.4 Å². The summed E-state index contributed by atoms with van der Waals surface area (Å²) in [6.07, 6.45) is 0.139. The Bertz CT molecular complexity index is 1260. The van der Waals surface area contributed by atoms with Gasteiger partial charge in [-0.25, -0.2) is 0 Å². The molecule has 2 N–H and O–H groups in total. The average molecular weight is 504 g/mol. The minimum atomic E-state index is -0.446. The third kappa shape index (κ3) is 6.58. The summed E-state index contributed by atoms with van der Waals surface area (Å²) < 4.78 is 16.0. The molecular weight excluding hydrogens is 474 g/mol. The van der Waals surface area contributed by atoms with E-state index in [2.05, 4.69) is 10.6 Å². The maximum Gasteiger partial charge on any atom is 0.262 e. The number of para-hydroxylation sites is 1. The molecule has 0 aromatic heterocycles. The number of carbonyl (C=O) groups is 3. The molecule has 3 aromatic rings. The topological polar surface area (TPSA) is 106 Å². The molecule has 1 aliphatic heterocycles. The maximum atomic E-state index is 12.7. The van der Waals surface area contributed by atoms with Crippen LogP contribution in [0.15, 0.2) is 72.8 Å². The first kappa shape index (κ1) is 25.6. The molecule has 9 nitrogen and oxygen atoms in total. The van der Waals surface area contributed by atoms with Crippen molar-refractivity contribution in [1.29, 1.82) is 0 Å². The predicted octanol–water partition coefficient (Wildman–Crippen LogP) is 3.39. The van der Waals surface area contributed by atoms with Crippen LogP contribution in [0.4, 0.5) is 11.4 Å². The third-order valence-electron chi connectivity index (χ3n) is 6.01. The van der Waals surface area contributed by atoms with Gasteiger partial charge in [-0.1, -0.05) is 24.3 Å². The lowest BCUT2D eigenvalue weighted by Gasteiger charge is -2.17. The van der Waals surface area contributed by atoms with Gasteiger partial charge < -0.3 is 29.7 Å². The van der Waals surface area contributed by atoms with Crippen molar-refractivity contribution in [2.24, 2.45) is 5.92 Å². The maximum absolute atomic E-state index is 12.7. The number of methoxy groups -OCH3 is 2.